The maximum atomic E-state index is 13.0. The molecular weight excluding hydrogens is 438 g/mol. The van der Waals surface area contributed by atoms with E-state index in [1.54, 1.807) is 34.9 Å². The quantitative estimate of drug-likeness (QED) is 0.479. The van der Waals surface area contributed by atoms with Gasteiger partial charge >= 0.3 is 0 Å². The molecule has 7 heteroatoms. The monoisotopic (exact) mass is 467 g/mol. The van der Waals surface area contributed by atoms with E-state index in [1.807, 2.05) is 37.3 Å². The second-order valence-electron chi connectivity index (χ2n) is 8.79. The van der Waals surface area contributed by atoms with E-state index < -0.39 is 0 Å². The Morgan fingerprint density at radius 3 is 2.23 bits per heavy atom. The van der Waals surface area contributed by atoms with Crippen molar-refractivity contribution in [1.82, 2.24) is 14.5 Å². The summed E-state index contributed by atoms with van der Waals surface area (Å²) in [5, 5.41) is 3.53. The van der Waals surface area contributed by atoms with Crippen LogP contribution in [-0.4, -0.2) is 53.1 Å². The molecule has 1 aliphatic rings. The molecule has 0 aliphatic carbocycles. The number of amides is 1. The van der Waals surface area contributed by atoms with Crippen molar-refractivity contribution in [2.45, 2.75) is 13.8 Å². The minimum absolute atomic E-state index is 0.124. The molecule has 1 fully saturated rings. The van der Waals surface area contributed by atoms with E-state index in [1.165, 1.54) is 5.69 Å². The van der Waals surface area contributed by atoms with Gasteiger partial charge in [0.2, 0.25) is 0 Å². The highest BCUT2D eigenvalue weighted by atomic mass is 16.1. The number of hydrogen-bond acceptors (Lipinski definition) is 5. The lowest BCUT2D eigenvalue weighted by Crippen LogP contribution is -2.46. The normalized spacial score (nSPS) is 14.3. The fourth-order valence-corrected chi connectivity index (χ4v) is 4.59. The third-order valence-corrected chi connectivity index (χ3v) is 6.64. The standard InChI is InChI=1S/C28H29N5O2/c1-3-31-16-18-32(19-17-31)23-14-10-22(11-15-23)30-27(34)21-8-12-24(13-9-21)33-20(2)29-26-7-5-4-6-25(26)28(33)35/h4-15H,3,16-19H2,1-2H3,(H,30,34). The molecule has 0 radical (unpaired) electrons. The predicted molar refractivity (Wildman–Crippen MR) is 141 cm³/mol. The van der Waals surface area contributed by atoms with Gasteiger partial charge in [-0.15, -0.1) is 0 Å². The number of piperazine rings is 1. The van der Waals surface area contributed by atoms with Gasteiger partial charge < -0.3 is 15.1 Å². The first-order valence-corrected chi connectivity index (χ1v) is 12.0. The summed E-state index contributed by atoms with van der Waals surface area (Å²) in [5.74, 6) is 0.406. The van der Waals surface area contributed by atoms with Crippen molar-refractivity contribution in [3.63, 3.8) is 0 Å². The Morgan fingerprint density at radius 2 is 1.54 bits per heavy atom. The maximum absolute atomic E-state index is 13.0. The zero-order chi connectivity index (χ0) is 24.4. The molecule has 0 bridgehead atoms. The van der Waals surface area contributed by atoms with Gasteiger partial charge in [0.15, 0.2) is 0 Å². The molecule has 4 aromatic rings. The van der Waals surface area contributed by atoms with Crippen LogP contribution < -0.4 is 15.8 Å². The van der Waals surface area contributed by atoms with Gasteiger partial charge in [0.25, 0.3) is 11.5 Å². The fourth-order valence-electron chi connectivity index (χ4n) is 4.59. The number of hydrogen-bond donors (Lipinski definition) is 1. The number of para-hydroxylation sites is 1. The average Bonchev–Trinajstić information content (AvgIpc) is 2.89. The second-order valence-corrected chi connectivity index (χ2v) is 8.79. The van der Waals surface area contributed by atoms with Crippen molar-refractivity contribution in [3.05, 3.63) is 94.5 Å². The molecule has 0 saturated carbocycles. The third-order valence-electron chi connectivity index (χ3n) is 6.64. The fraction of sp³-hybridized carbons (Fsp3) is 0.250. The van der Waals surface area contributed by atoms with Gasteiger partial charge in [0.1, 0.15) is 5.82 Å². The van der Waals surface area contributed by atoms with Crippen LogP contribution in [0.5, 0.6) is 0 Å². The van der Waals surface area contributed by atoms with Crippen molar-refractivity contribution in [2.75, 3.05) is 42.9 Å². The lowest BCUT2D eigenvalue weighted by molar-refractivity contribution is 0.102. The summed E-state index contributed by atoms with van der Waals surface area (Å²) >= 11 is 0. The lowest BCUT2D eigenvalue weighted by atomic mass is 10.1. The van der Waals surface area contributed by atoms with Crippen molar-refractivity contribution in [3.8, 4) is 5.69 Å². The van der Waals surface area contributed by atoms with Crippen LogP contribution in [0.4, 0.5) is 11.4 Å². The summed E-state index contributed by atoms with van der Waals surface area (Å²) in [6.45, 7) is 9.28. The highest BCUT2D eigenvalue weighted by Crippen LogP contribution is 2.20. The Hall–Kier alpha value is -3.97. The van der Waals surface area contributed by atoms with Crippen LogP contribution in [0, 0.1) is 6.92 Å². The highest BCUT2D eigenvalue weighted by molar-refractivity contribution is 6.04. The first kappa shape index (κ1) is 22.8. The molecular formula is C28H29N5O2. The number of nitrogens with one attached hydrogen (secondary N) is 1. The molecule has 0 unspecified atom stereocenters. The van der Waals surface area contributed by atoms with Crippen molar-refractivity contribution >= 4 is 28.2 Å². The number of rotatable bonds is 5. The SMILES string of the molecule is CCN1CCN(c2ccc(NC(=O)c3ccc(-n4c(C)nc5ccccc5c4=O)cc3)cc2)CC1. The number of aromatic nitrogens is 2. The first-order valence-electron chi connectivity index (χ1n) is 12.0. The molecule has 1 amide bonds. The number of nitrogens with zero attached hydrogens (tertiary/aromatic N) is 4. The van der Waals surface area contributed by atoms with Gasteiger partial charge in [0.05, 0.1) is 16.6 Å². The van der Waals surface area contributed by atoms with Crippen LogP contribution >= 0.6 is 0 Å². The van der Waals surface area contributed by atoms with Crippen molar-refractivity contribution in [1.29, 1.82) is 0 Å². The molecule has 1 aliphatic heterocycles. The Labute approximate surface area is 204 Å². The summed E-state index contributed by atoms with van der Waals surface area (Å²) in [6.07, 6.45) is 0. The maximum Gasteiger partial charge on any atom is 0.265 e. The Bertz CT molecular complexity index is 1400. The van der Waals surface area contributed by atoms with Crippen LogP contribution in [0.25, 0.3) is 16.6 Å². The van der Waals surface area contributed by atoms with E-state index >= 15 is 0 Å². The van der Waals surface area contributed by atoms with E-state index in [-0.39, 0.29) is 11.5 Å². The zero-order valence-corrected chi connectivity index (χ0v) is 20.1. The molecule has 2 heterocycles. The summed E-state index contributed by atoms with van der Waals surface area (Å²) in [7, 11) is 0. The Morgan fingerprint density at radius 1 is 0.886 bits per heavy atom. The number of carbonyl (C=O) groups is 1. The Kier molecular flexibility index (Phi) is 6.33. The van der Waals surface area contributed by atoms with Gasteiger partial charge in [-0.1, -0.05) is 19.1 Å². The van der Waals surface area contributed by atoms with E-state index in [2.05, 4.69) is 39.2 Å². The minimum atomic E-state index is -0.193. The molecule has 35 heavy (non-hydrogen) atoms. The average molecular weight is 468 g/mol. The van der Waals surface area contributed by atoms with Crippen molar-refractivity contribution in [2.24, 2.45) is 0 Å². The number of likely N-dealkylation sites (N-methyl/N-ethyl adjacent to an activating group) is 1. The highest BCUT2D eigenvalue weighted by Gasteiger charge is 2.16. The Balaban J connectivity index is 1.29. The van der Waals surface area contributed by atoms with Gasteiger partial charge in [-0.25, -0.2) is 4.98 Å². The molecule has 1 saturated heterocycles. The van der Waals surface area contributed by atoms with Crippen LogP contribution in [-0.2, 0) is 0 Å². The molecule has 0 atom stereocenters. The van der Waals surface area contributed by atoms with Gasteiger partial charge in [0, 0.05) is 43.1 Å². The lowest BCUT2D eigenvalue weighted by Gasteiger charge is -2.35. The molecule has 3 aromatic carbocycles. The minimum Gasteiger partial charge on any atom is -0.369 e. The van der Waals surface area contributed by atoms with Crippen LogP contribution in [0.1, 0.15) is 23.1 Å². The zero-order valence-electron chi connectivity index (χ0n) is 20.1. The van der Waals surface area contributed by atoms with E-state index in [4.69, 9.17) is 0 Å². The summed E-state index contributed by atoms with van der Waals surface area (Å²) in [6, 6.07) is 22.3. The van der Waals surface area contributed by atoms with E-state index in [9.17, 15) is 9.59 Å². The first-order chi connectivity index (χ1) is 17.0. The molecule has 7 nitrogen and oxygen atoms in total. The number of benzene rings is 3. The molecule has 1 aromatic heterocycles. The van der Waals surface area contributed by atoms with Crippen molar-refractivity contribution < 1.29 is 4.79 Å². The number of anilines is 2. The predicted octanol–water partition coefficient (Wildman–Crippen LogP) is 4.09. The summed E-state index contributed by atoms with van der Waals surface area (Å²) in [5.41, 5.74) is 3.68. The second kappa shape index (κ2) is 9.72. The van der Waals surface area contributed by atoms with E-state index in [0.29, 0.717) is 28.0 Å². The summed E-state index contributed by atoms with van der Waals surface area (Å²) in [4.78, 5) is 35.2. The largest absolute Gasteiger partial charge is 0.369 e. The van der Waals surface area contributed by atoms with Crippen LogP contribution in [0.3, 0.4) is 0 Å². The summed E-state index contributed by atoms with van der Waals surface area (Å²) < 4.78 is 1.57. The third kappa shape index (κ3) is 4.68. The smallest absolute Gasteiger partial charge is 0.265 e. The molecule has 178 valence electrons. The van der Waals surface area contributed by atoms with Crippen LogP contribution in [0.15, 0.2) is 77.6 Å². The van der Waals surface area contributed by atoms with Crippen LogP contribution in [0.2, 0.25) is 0 Å². The molecule has 0 spiro atoms. The molecule has 5 rings (SSSR count). The number of carbonyl (C=O) groups excluding carboxylic acids is 1. The molecule has 1 N–H and O–H groups in total. The van der Waals surface area contributed by atoms with Gasteiger partial charge in [-0.3, -0.25) is 14.2 Å². The topological polar surface area (TPSA) is 70.5 Å². The van der Waals surface area contributed by atoms with E-state index in [0.717, 1.165) is 38.4 Å². The van der Waals surface area contributed by atoms with Gasteiger partial charge in [-0.05, 0) is 74.1 Å². The number of aryl methyl sites for hydroxylation is 1. The van der Waals surface area contributed by atoms with Gasteiger partial charge in [-0.2, -0.15) is 0 Å². The number of fused-ring (bicyclic) bond motifs is 1.